The topological polar surface area (TPSA) is 105 Å². The predicted molar refractivity (Wildman–Crippen MR) is 336 cm³/mol. The molecule has 8 nitrogen and oxygen atoms in total. The van der Waals surface area contributed by atoms with E-state index in [1.54, 1.807) is 6.08 Å². The van der Waals surface area contributed by atoms with E-state index < -0.39 is 20.0 Å². The number of allylic oxidation sites excluding steroid dienone is 19. The lowest BCUT2D eigenvalue weighted by Gasteiger charge is -2.25. The zero-order chi connectivity index (χ0) is 56.3. The summed E-state index contributed by atoms with van der Waals surface area (Å²) in [5.41, 5.74) is 0. The van der Waals surface area contributed by atoms with E-state index in [0.29, 0.717) is 17.4 Å². The molecule has 442 valence electrons. The van der Waals surface area contributed by atoms with Crippen LogP contribution in [0.5, 0.6) is 0 Å². The number of rotatable bonds is 56. The van der Waals surface area contributed by atoms with Crippen molar-refractivity contribution in [1.82, 2.24) is 5.32 Å². The van der Waals surface area contributed by atoms with E-state index >= 15 is 0 Å². The molecule has 0 bridgehead atoms. The van der Waals surface area contributed by atoms with Gasteiger partial charge in [-0.25, -0.2) is 4.57 Å². The number of unbranched alkanes of at least 4 members (excludes halogenated alkanes) is 25. The summed E-state index contributed by atoms with van der Waals surface area (Å²) in [5, 5.41) is 14.0. The zero-order valence-corrected chi connectivity index (χ0v) is 51.3. The Bertz CT molecular complexity index is 1670. The van der Waals surface area contributed by atoms with Crippen molar-refractivity contribution in [3.05, 3.63) is 122 Å². The van der Waals surface area contributed by atoms with Gasteiger partial charge in [0, 0.05) is 6.42 Å². The Morgan fingerprint density at radius 2 is 0.779 bits per heavy atom. The Balaban J connectivity index is 4.26. The summed E-state index contributed by atoms with van der Waals surface area (Å²) in [6, 6.07) is -0.867. The molecule has 0 aromatic carbocycles. The standard InChI is InChI=1S/C68H119N2O6P/c1-6-8-10-12-14-16-18-20-22-24-26-28-30-31-32-33-34-35-36-37-38-39-40-42-44-46-48-50-52-54-56-58-60-62-68(72)69-66(65-76-77(73,74)75-64-63-70(3,4)5)67(71)61-59-57-55-53-51-49-47-45-43-41-29-27-25-23-21-19-17-15-13-11-9-7-2/h8,10,14,16,20,22,26,28,31-32,34-35,37-38,40,42,46,48,59,61,66-67,71H,6-7,9,11-13,15,17-19,21,23-25,27,29-30,33,36,39,41,43-45,47,49-58,60,62-65H2,1-5H3,(H-,69,72,73,74)/p+1/b10-8-,16-14-,22-20-,28-26-,32-31-,35-34-,38-37-,42-40-,48-46-,61-59+. The van der Waals surface area contributed by atoms with E-state index in [0.717, 1.165) is 116 Å². The van der Waals surface area contributed by atoms with Gasteiger partial charge in [-0.1, -0.05) is 277 Å². The second-order valence-electron chi connectivity index (χ2n) is 22.1. The van der Waals surface area contributed by atoms with Crippen molar-refractivity contribution in [2.24, 2.45) is 0 Å². The van der Waals surface area contributed by atoms with Gasteiger partial charge in [0.05, 0.1) is 39.9 Å². The largest absolute Gasteiger partial charge is 0.472 e. The van der Waals surface area contributed by atoms with Gasteiger partial charge in [0.25, 0.3) is 0 Å². The first-order valence-corrected chi connectivity index (χ1v) is 32.9. The number of carbonyl (C=O) groups is 1. The fraction of sp³-hybridized carbons (Fsp3) is 0.691. The van der Waals surface area contributed by atoms with Crippen molar-refractivity contribution < 1.29 is 32.9 Å². The lowest BCUT2D eigenvalue weighted by atomic mass is 10.0. The number of carbonyl (C=O) groups excluding carboxylic acids is 1. The Kier molecular flexibility index (Phi) is 55.3. The number of phosphoric acid groups is 1. The molecular formula is C68H120N2O6P+. The van der Waals surface area contributed by atoms with Crippen molar-refractivity contribution >= 4 is 13.7 Å². The first kappa shape index (κ1) is 73.9. The van der Waals surface area contributed by atoms with Crippen LogP contribution in [0.3, 0.4) is 0 Å². The molecule has 0 radical (unpaired) electrons. The Morgan fingerprint density at radius 3 is 1.14 bits per heavy atom. The smallest absolute Gasteiger partial charge is 0.387 e. The maximum absolute atomic E-state index is 13.0. The van der Waals surface area contributed by atoms with Gasteiger partial charge in [-0.3, -0.25) is 13.8 Å². The molecule has 1 amide bonds. The van der Waals surface area contributed by atoms with Gasteiger partial charge in [0.15, 0.2) is 0 Å². The zero-order valence-electron chi connectivity index (χ0n) is 50.4. The Hall–Kier alpha value is -3.10. The molecule has 0 rings (SSSR count). The van der Waals surface area contributed by atoms with Crippen LogP contribution in [0, 0.1) is 0 Å². The summed E-state index contributed by atoms with van der Waals surface area (Å²) in [7, 11) is 1.54. The average molecular weight is 1090 g/mol. The average Bonchev–Trinajstić information content (AvgIpc) is 3.39. The van der Waals surface area contributed by atoms with Gasteiger partial charge in [0.2, 0.25) is 5.91 Å². The maximum Gasteiger partial charge on any atom is 0.472 e. The normalized spacial score (nSPS) is 14.6. The predicted octanol–water partition coefficient (Wildman–Crippen LogP) is 19.7. The highest BCUT2D eigenvalue weighted by Crippen LogP contribution is 2.43. The summed E-state index contributed by atoms with van der Waals surface area (Å²) in [4.78, 5) is 23.4. The summed E-state index contributed by atoms with van der Waals surface area (Å²) in [6.07, 6.45) is 85.9. The third-order valence-corrected chi connectivity index (χ3v) is 14.4. The molecule has 0 aliphatic heterocycles. The van der Waals surface area contributed by atoms with Crippen LogP contribution in [0.1, 0.15) is 251 Å². The van der Waals surface area contributed by atoms with Crippen LogP contribution < -0.4 is 5.32 Å². The van der Waals surface area contributed by atoms with Crippen LogP contribution in [0.15, 0.2) is 122 Å². The van der Waals surface area contributed by atoms with Crippen molar-refractivity contribution in [2.75, 3.05) is 40.9 Å². The first-order chi connectivity index (χ1) is 37.5. The highest BCUT2D eigenvalue weighted by Gasteiger charge is 2.27. The monoisotopic (exact) mass is 1090 g/mol. The first-order valence-electron chi connectivity index (χ1n) is 31.4. The second kappa shape index (κ2) is 57.6. The third kappa shape index (κ3) is 60.4. The molecule has 0 aliphatic rings. The second-order valence-corrected chi connectivity index (χ2v) is 23.5. The number of hydrogen-bond donors (Lipinski definition) is 3. The molecule has 0 fully saturated rings. The van der Waals surface area contributed by atoms with Crippen LogP contribution in [-0.4, -0.2) is 73.4 Å². The number of quaternary nitrogens is 1. The third-order valence-electron chi connectivity index (χ3n) is 13.4. The molecule has 0 saturated carbocycles. The molecule has 0 saturated heterocycles. The minimum absolute atomic E-state index is 0.0512. The van der Waals surface area contributed by atoms with Crippen LogP contribution in [0.4, 0.5) is 0 Å². The van der Waals surface area contributed by atoms with Gasteiger partial charge in [0.1, 0.15) is 13.2 Å². The molecule has 0 aliphatic carbocycles. The molecule has 3 unspecified atom stereocenters. The molecule has 0 spiro atoms. The van der Waals surface area contributed by atoms with Crippen LogP contribution in [-0.2, 0) is 18.4 Å². The SMILES string of the molecule is CC/C=C\C/C=C\C/C=C\C/C=C\C/C=C\C/C=C\C/C=C\C/C=C\C/C=C\CCCCCCCC(=O)NC(COP(=O)(O)OCC[N+](C)(C)C)C(O)/C=C/CCCCCCCCCCCCCCCCCCCCCC. The minimum atomic E-state index is -4.36. The molecule has 0 heterocycles. The Labute approximate surface area is 475 Å². The van der Waals surface area contributed by atoms with Gasteiger partial charge >= 0.3 is 7.82 Å². The molecule has 9 heteroatoms. The van der Waals surface area contributed by atoms with Gasteiger partial charge < -0.3 is 19.8 Å². The number of phosphoric ester groups is 1. The van der Waals surface area contributed by atoms with E-state index in [2.05, 4.69) is 129 Å². The van der Waals surface area contributed by atoms with Crippen molar-refractivity contribution in [3.63, 3.8) is 0 Å². The van der Waals surface area contributed by atoms with Crippen molar-refractivity contribution in [1.29, 1.82) is 0 Å². The number of aliphatic hydroxyl groups excluding tert-OH is 1. The highest BCUT2D eigenvalue weighted by molar-refractivity contribution is 7.47. The van der Waals surface area contributed by atoms with E-state index in [1.807, 2.05) is 27.2 Å². The quantitative estimate of drug-likeness (QED) is 0.0243. The van der Waals surface area contributed by atoms with E-state index in [-0.39, 0.29) is 19.1 Å². The lowest BCUT2D eigenvalue weighted by molar-refractivity contribution is -0.870. The summed E-state index contributed by atoms with van der Waals surface area (Å²) in [5.74, 6) is -0.199. The van der Waals surface area contributed by atoms with E-state index in [4.69, 9.17) is 9.05 Å². The number of nitrogens with one attached hydrogen (secondary N) is 1. The van der Waals surface area contributed by atoms with Crippen LogP contribution in [0.25, 0.3) is 0 Å². The summed E-state index contributed by atoms with van der Waals surface area (Å²) in [6.45, 7) is 4.69. The number of likely N-dealkylation sites (N-methyl/N-ethyl adjacent to an activating group) is 1. The summed E-state index contributed by atoms with van der Waals surface area (Å²) < 4.78 is 23.7. The summed E-state index contributed by atoms with van der Waals surface area (Å²) >= 11 is 0. The van der Waals surface area contributed by atoms with Gasteiger partial charge in [-0.05, 0) is 89.9 Å². The number of amides is 1. The highest BCUT2D eigenvalue weighted by atomic mass is 31.2. The lowest BCUT2D eigenvalue weighted by Crippen LogP contribution is -2.45. The van der Waals surface area contributed by atoms with Crippen LogP contribution >= 0.6 is 7.82 Å². The molecule has 3 N–H and O–H groups in total. The molecular weight excluding hydrogens is 972 g/mol. The number of nitrogens with zero attached hydrogens (tertiary/aromatic N) is 1. The number of hydrogen-bond acceptors (Lipinski definition) is 5. The molecule has 0 aromatic heterocycles. The van der Waals surface area contributed by atoms with E-state index in [9.17, 15) is 19.4 Å². The van der Waals surface area contributed by atoms with Crippen LogP contribution in [0.2, 0.25) is 0 Å². The van der Waals surface area contributed by atoms with Gasteiger partial charge in [-0.2, -0.15) is 0 Å². The Morgan fingerprint density at radius 1 is 0.455 bits per heavy atom. The number of aliphatic hydroxyl groups is 1. The van der Waals surface area contributed by atoms with E-state index in [1.165, 1.54) is 116 Å². The molecule has 3 atom stereocenters. The fourth-order valence-corrected chi connectivity index (χ4v) is 9.30. The molecule has 77 heavy (non-hydrogen) atoms. The fourth-order valence-electron chi connectivity index (χ4n) is 8.56. The van der Waals surface area contributed by atoms with Gasteiger partial charge in [-0.15, -0.1) is 0 Å². The van der Waals surface area contributed by atoms with Crippen molar-refractivity contribution in [2.45, 2.75) is 264 Å². The maximum atomic E-state index is 13.0. The minimum Gasteiger partial charge on any atom is -0.387 e. The molecule has 0 aromatic rings. The van der Waals surface area contributed by atoms with Crippen molar-refractivity contribution in [3.8, 4) is 0 Å².